The van der Waals surface area contributed by atoms with E-state index in [0.29, 0.717) is 10.7 Å². The van der Waals surface area contributed by atoms with Gasteiger partial charge in [-0.2, -0.15) is 5.26 Å². The van der Waals surface area contributed by atoms with Crippen LogP contribution in [-0.4, -0.2) is 10.5 Å². The summed E-state index contributed by atoms with van der Waals surface area (Å²) in [6, 6.07) is 10.5. The molecule has 2 rings (SSSR count). The lowest BCUT2D eigenvalue weighted by Gasteiger charge is -2.04. The van der Waals surface area contributed by atoms with E-state index in [2.05, 4.69) is 5.32 Å². The highest BCUT2D eigenvalue weighted by molar-refractivity contribution is 6.31. The highest BCUT2D eigenvalue weighted by Gasteiger charge is 2.09. The second-order valence-corrected chi connectivity index (χ2v) is 4.68. The Hall–Kier alpha value is -2.51. The number of hydrogen-bond donors (Lipinski definition) is 1. The Bertz CT molecular complexity index is 710. The maximum atomic E-state index is 12.0. The lowest BCUT2D eigenvalue weighted by molar-refractivity contribution is -0.112. The molecule has 2 aromatic rings. The summed E-state index contributed by atoms with van der Waals surface area (Å²) >= 11 is 5.84. The Kier molecular flexibility index (Phi) is 4.24. The molecule has 0 aliphatic rings. The van der Waals surface area contributed by atoms with Crippen LogP contribution in [0.4, 0.5) is 5.69 Å². The number of rotatable bonds is 3. The Morgan fingerprint density at radius 2 is 2.25 bits per heavy atom. The van der Waals surface area contributed by atoms with Gasteiger partial charge in [-0.3, -0.25) is 4.79 Å². The number of nitriles is 1. The maximum absolute atomic E-state index is 12.0. The lowest BCUT2D eigenvalue weighted by atomic mass is 10.2. The average molecular weight is 286 g/mol. The van der Waals surface area contributed by atoms with Gasteiger partial charge in [0, 0.05) is 30.2 Å². The summed E-state index contributed by atoms with van der Waals surface area (Å²) in [6.45, 7) is 0. The first kappa shape index (κ1) is 13.9. The highest BCUT2D eigenvalue weighted by atomic mass is 35.5. The molecule has 1 amide bonds. The van der Waals surface area contributed by atoms with Crippen LogP contribution in [0.2, 0.25) is 5.02 Å². The van der Waals surface area contributed by atoms with Gasteiger partial charge in [-0.15, -0.1) is 0 Å². The summed E-state index contributed by atoms with van der Waals surface area (Å²) in [5.74, 6) is -0.460. The van der Waals surface area contributed by atoms with Crippen LogP contribution in [0.15, 0.2) is 48.3 Å². The monoisotopic (exact) mass is 285 g/mol. The molecule has 1 heterocycles. The van der Waals surface area contributed by atoms with Gasteiger partial charge in [0.05, 0.1) is 0 Å². The number of aryl methyl sites for hydroxylation is 1. The number of aromatic nitrogens is 1. The number of carbonyl (C=O) groups is 1. The molecule has 0 unspecified atom stereocenters. The first-order valence-corrected chi connectivity index (χ1v) is 6.27. The topological polar surface area (TPSA) is 57.8 Å². The van der Waals surface area contributed by atoms with E-state index in [1.807, 2.05) is 36.1 Å². The third-order valence-electron chi connectivity index (χ3n) is 2.61. The molecule has 0 aliphatic heterocycles. The van der Waals surface area contributed by atoms with Crippen molar-refractivity contribution in [1.82, 2.24) is 4.57 Å². The fourth-order valence-electron chi connectivity index (χ4n) is 1.69. The third kappa shape index (κ3) is 3.50. The van der Waals surface area contributed by atoms with Crippen molar-refractivity contribution >= 4 is 29.3 Å². The van der Waals surface area contributed by atoms with Crippen molar-refractivity contribution in [3.63, 3.8) is 0 Å². The van der Waals surface area contributed by atoms with E-state index >= 15 is 0 Å². The Morgan fingerprint density at radius 1 is 1.45 bits per heavy atom. The minimum Gasteiger partial charge on any atom is -0.357 e. The van der Waals surface area contributed by atoms with E-state index in [1.165, 1.54) is 0 Å². The molecule has 0 aliphatic carbocycles. The fraction of sp³-hybridized carbons (Fsp3) is 0.0667. The van der Waals surface area contributed by atoms with E-state index < -0.39 is 5.91 Å². The zero-order chi connectivity index (χ0) is 14.5. The number of halogens is 1. The summed E-state index contributed by atoms with van der Waals surface area (Å²) in [7, 11) is 1.87. The standard InChI is InChI=1S/C15H12ClN3O/c1-19-6-5-11(10-19)7-12(9-17)15(20)18-14-4-2-3-13(16)8-14/h2-8,10H,1H3,(H,18,20)/b12-7+. The second kappa shape index (κ2) is 6.09. The summed E-state index contributed by atoms with van der Waals surface area (Å²) < 4.78 is 1.84. The van der Waals surface area contributed by atoms with Crippen LogP contribution >= 0.6 is 11.6 Å². The van der Waals surface area contributed by atoms with Gasteiger partial charge in [0.1, 0.15) is 11.6 Å². The van der Waals surface area contributed by atoms with Crippen molar-refractivity contribution in [1.29, 1.82) is 5.26 Å². The predicted molar refractivity (Wildman–Crippen MR) is 79.1 cm³/mol. The van der Waals surface area contributed by atoms with Crippen LogP contribution in [-0.2, 0) is 11.8 Å². The SMILES string of the molecule is Cn1ccc(/C=C(\C#N)C(=O)Nc2cccc(Cl)c2)c1. The van der Waals surface area contributed by atoms with Crippen LogP contribution in [0.1, 0.15) is 5.56 Å². The third-order valence-corrected chi connectivity index (χ3v) is 2.85. The van der Waals surface area contributed by atoms with Crippen LogP contribution in [0, 0.1) is 11.3 Å². The summed E-state index contributed by atoms with van der Waals surface area (Å²) in [4.78, 5) is 12.0. The number of nitrogens with zero attached hydrogens (tertiary/aromatic N) is 2. The number of nitrogens with one attached hydrogen (secondary N) is 1. The molecule has 0 radical (unpaired) electrons. The zero-order valence-electron chi connectivity index (χ0n) is 10.8. The summed E-state index contributed by atoms with van der Waals surface area (Å²) in [5, 5.41) is 12.2. The van der Waals surface area contributed by atoms with Crippen molar-refractivity contribution in [3.8, 4) is 6.07 Å². The van der Waals surface area contributed by atoms with Crippen molar-refractivity contribution in [3.05, 3.63) is 58.9 Å². The molecular weight excluding hydrogens is 274 g/mol. The van der Waals surface area contributed by atoms with Gasteiger partial charge in [0.15, 0.2) is 0 Å². The van der Waals surface area contributed by atoms with Gasteiger partial charge < -0.3 is 9.88 Å². The van der Waals surface area contributed by atoms with Crippen LogP contribution < -0.4 is 5.32 Å². The number of carbonyl (C=O) groups excluding carboxylic acids is 1. The zero-order valence-corrected chi connectivity index (χ0v) is 11.6. The molecule has 1 aromatic carbocycles. The normalized spacial score (nSPS) is 10.9. The molecule has 0 fully saturated rings. The molecule has 100 valence electrons. The van der Waals surface area contributed by atoms with Crippen molar-refractivity contribution < 1.29 is 4.79 Å². The molecule has 0 saturated heterocycles. The molecule has 0 bridgehead atoms. The van der Waals surface area contributed by atoms with Gasteiger partial charge >= 0.3 is 0 Å². The minimum atomic E-state index is -0.460. The average Bonchev–Trinajstić information content (AvgIpc) is 2.81. The van der Waals surface area contributed by atoms with Gasteiger partial charge in [-0.05, 0) is 35.9 Å². The first-order valence-electron chi connectivity index (χ1n) is 5.89. The van der Waals surface area contributed by atoms with E-state index in [9.17, 15) is 4.79 Å². The molecule has 4 nitrogen and oxygen atoms in total. The number of hydrogen-bond acceptors (Lipinski definition) is 2. The van der Waals surface area contributed by atoms with Gasteiger partial charge in [0.2, 0.25) is 0 Å². The predicted octanol–water partition coefficient (Wildman–Crippen LogP) is 3.22. The maximum Gasteiger partial charge on any atom is 0.266 e. The molecule has 1 N–H and O–H groups in total. The Balaban J connectivity index is 2.18. The number of benzene rings is 1. The lowest BCUT2D eigenvalue weighted by Crippen LogP contribution is -2.13. The van der Waals surface area contributed by atoms with Crippen molar-refractivity contribution in [2.75, 3.05) is 5.32 Å². The molecule has 0 saturated carbocycles. The summed E-state index contributed by atoms with van der Waals surface area (Å²) in [6.07, 6.45) is 5.21. The molecule has 1 aromatic heterocycles. The van der Waals surface area contributed by atoms with Gasteiger partial charge in [-0.25, -0.2) is 0 Å². The van der Waals surface area contributed by atoms with Crippen LogP contribution in [0.5, 0.6) is 0 Å². The smallest absolute Gasteiger partial charge is 0.266 e. The van der Waals surface area contributed by atoms with E-state index in [4.69, 9.17) is 16.9 Å². The summed E-state index contributed by atoms with van der Waals surface area (Å²) in [5.41, 5.74) is 1.39. The Labute approximate surface area is 121 Å². The number of anilines is 1. The van der Waals surface area contributed by atoms with E-state index in [-0.39, 0.29) is 5.57 Å². The second-order valence-electron chi connectivity index (χ2n) is 4.24. The van der Waals surface area contributed by atoms with Crippen LogP contribution in [0.25, 0.3) is 6.08 Å². The molecule has 0 atom stereocenters. The highest BCUT2D eigenvalue weighted by Crippen LogP contribution is 2.16. The van der Waals surface area contributed by atoms with Gasteiger partial charge in [-0.1, -0.05) is 17.7 Å². The van der Waals surface area contributed by atoms with Crippen molar-refractivity contribution in [2.24, 2.45) is 7.05 Å². The van der Waals surface area contributed by atoms with E-state index in [0.717, 1.165) is 5.56 Å². The molecule has 0 spiro atoms. The molecule has 20 heavy (non-hydrogen) atoms. The fourth-order valence-corrected chi connectivity index (χ4v) is 1.88. The van der Waals surface area contributed by atoms with Crippen LogP contribution in [0.3, 0.4) is 0 Å². The quantitative estimate of drug-likeness (QED) is 0.695. The largest absolute Gasteiger partial charge is 0.357 e. The molecule has 5 heteroatoms. The first-order chi connectivity index (χ1) is 9.58. The molecular formula is C15H12ClN3O. The van der Waals surface area contributed by atoms with Gasteiger partial charge in [0.25, 0.3) is 5.91 Å². The van der Waals surface area contributed by atoms with E-state index in [1.54, 1.807) is 30.3 Å². The Morgan fingerprint density at radius 3 is 2.85 bits per heavy atom. The minimum absolute atomic E-state index is 0.0381. The number of amides is 1. The van der Waals surface area contributed by atoms with Crippen molar-refractivity contribution in [2.45, 2.75) is 0 Å².